The van der Waals surface area contributed by atoms with Crippen molar-refractivity contribution in [2.24, 2.45) is 0 Å². The van der Waals surface area contributed by atoms with Crippen LogP contribution in [0.25, 0.3) is 44.6 Å². The maximum absolute atomic E-state index is 13.3. The van der Waals surface area contributed by atoms with E-state index in [1.54, 1.807) is 61.3 Å². The Hall–Kier alpha value is -4.96. The molecule has 6 aromatic heterocycles. The molecule has 0 spiro atoms. The number of aromatic nitrogens is 8. The third-order valence-corrected chi connectivity index (χ3v) is 11.1. The second-order valence-electron chi connectivity index (χ2n) is 11.5. The molecule has 0 fully saturated rings. The molecule has 0 bridgehead atoms. The van der Waals surface area contributed by atoms with Crippen LogP contribution in [0.4, 0.5) is 5.95 Å². The Labute approximate surface area is 320 Å². The van der Waals surface area contributed by atoms with Gasteiger partial charge in [-0.25, -0.2) is 42.3 Å². The molecule has 0 aliphatic carbocycles. The number of benzene rings is 2. The van der Waals surface area contributed by atoms with E-state index >= 15 is 0 Å². The Morgan fingerprint density at radius 2 is 1.50 bits per heavy atom. The Morgan fingerprint density at radius 1 is 0.808 bits per heavy atom. The molecular weight excluding hydrogens is 826 g/mol. The van der Waals surface area contributed by atoms with Gasteiger partial charge in [0.2, 0.25) is 5.95 Å². The largest absolute Gasteiger partial charge is 0.350 e. The lowest BCUT2D eigenvalue weighted by molar-refractivity contribution is 0.589. The smallest absolute Gasteiger partial charge is 0.269 e. The number of rotatable bonds is 8. The fourth-order valence-electron chi connectivity index (χ4n) is 5.41. The van der Waals surface area contributed by atoms with Gasteiger partial charge in [-0.15, -0.1) is 0 Å². The zero-order chi connectivity index (χ0) is 36.2. The lowest BCUT2D eigenvalue weighted by atomic mass is 10.1. The third-order valence-electron chi connectivity index (χ3n) is 7.97. The van der Waals surface area contributed by atoms with E-state index in [1.807, 2.05) is 55.8 Å². The molecule has 52 heavy (non-hydrogen) atoms. The topological polar surface area (TPSA) is 144 Å². The van der Waals surface area contributed by atoms with Crippen molar-refractivity contribution in [2.45, 2.75) is 23.5 Å². The third kappa shape index (κ3) is 7.62. The molecule has 0 unspecified atom stereocenters. The van der Waals surface area contributed by atoms with Crippen molar-refractivity contribution in [3.05, 3.63) is 136 Å². The molecule has 11 nitrogen and oxygen atoms in total. The normalized spacial score (nSPS) is 11.4. The molecule has 8 rings (SSSR count). The van der Waals surface area contributed by atoms with E-state index in [2.05, 4.69) is 84.2 Å². The molecule has 260 valence electrons. The van der Waals surface area contributed by atoms with Gasteiger partial charge in [-0.05, 0) is 87.0 Å². The maximum atomic E-state index is 13.3. The second kappa shape index (κ2) is 15.3. The molecule has 0 aliphatic rings. The first-order valence-corrected chi connectivity index (χ1v) is 20.0. The van der Waals surface area contributed by atoms with E-state index in [9.17, 15) is 8.42 Å². The number of nitrogens with zero attached hydrogens (tertiary/aromatic N) is 7. The molecule has 6 heterocycles. The molecule has 8 aromatic rings. The minimum absolute atomic E-state index is 0.207. The first-order valence-electron chi connectivity index (χ1n) is 15.8. The highest BCUT2D eigenvalue weighted by molar-refractivity contribution is 9.10. The van der Waals surface area contributed by atoms with Gasteiger partial charge in [0.25, 0.3) is 10.0 Å². The first-order chi connectivity index (χ1) is 25.2. The summed E-state index contributed by atoms with van der Waals surface area (Å²) in [6.45, 7) is 2.60. The van der Waals surface area contributed by atoms with Gasteiger partial charge in [0.15, 0.2) is 10.8 Å². The van der Waals surface area contributed by atoms with Crippen LogP contribution >= 0.6 is 43.6 Å². The van der Waals surface area contributed by atoms with E-state index in [0.717, 1.165) is 36.8 Å². The summed E-state index contributed by atoms with van der Waals surface area (Å²) in [5.41, 5.74) is 6.54. The average Bonchev–Trinajstić information content (AvgIpc) is 3.77. The van der Waals surface area contributed by atoms with Crippen molar-refractivity contribution in [3.8, 4) is 22.5 Å². The lowest BCUT2D eigenvalue weighted by Crippen LogP contribution is -2.12. The van der Waals surface area contributed by atoms with Crippen LogP contribution in [0.1, 0.15) is 11.1 Å². The molecular formula is C37H29Br2N9O2S2. The zero-order valence-electron chi connectivity index (χ0n) is 27.7. The van der Waals surface area contributed by atoms with Crippen LogP contribution in [-0.4, -0.2) is 53.5 Å². The number of aromatic amines is 1. The van der Waals surface area contributed by atoms with E-state index in [1.165, 1.54) is 21.3 Å². The number of thioether (sulfide) groups is 1. The maximum Gasteiger partial charge on any atom is 0.269 e. The first kappa shape index (κ1) is 35.4. The van der Waals surface area contributed by atoms with E-state index in [0.29, 0.717) is 39.9 Å². The van der Waals surface area contributed by atoms with E-state index < -0.39 is 10.0 Å². The minimum atomic E-state index is -3.81. The van der Waals surface area contributed by atoms with Crippen LogP contribution in [0.3, 0.4) is 0 Å². The zero-order valence-corrected chi connectivity index (χ0v) is 32.5. The minimum Gasteiger partial charge on any atom is -0.350 e. The summed E-state index contributed by atoms with van der Waals surface area (Å²) in [6, 6.07) is 24.5. The monoisotopic (exact) mass is 853 g/mol. The number of pyridine rings is 2. The van der Waals surface area contributed by atoms with Crippen LogP contribution in [0, 0.1) is 6.92 Å². The Balaban J connectivity index is 0.000000164. The van der Waals surface area contributed by atoms with Gasteiger partial charge in [0.05, 0.1) is 16.3 Å². The van der Waals surface area contributed by atoms with Crippen molar-refractivity contribution in [2.75, 3.05) is 11.6 Å². The van der Waals surface area contributed by atoms with Crippen molar-refractivity contribution in [3.63, 3.8) is 0 Å². The molecule has 0 saturated heterocycles. The molecule has 2 aromatic carbocycles. The van der Waals surface area contributed by atoms with Crippen LogP contribution in [0.15, 0.2) is 135 Å². The highest BCUT2D eigenvalue weighted by atomic mass is 79.9. The SMILES string of the molecule is Brc1cnc2[nH]cc(-c3ccnc(NCc4ccccc4)n3)c2c1.CSc1nccc(-c2cn(S(=O)(=O)c3ccc(C)cc3)c3ncc(Br)cc23)n1. The summed E-state index contributed by atoms with van der Waals surface area (Å²) in [5, 5.41) is 5.59. The van der Waals surface area contributed by atoms with Crippen LogP contribution < -0.4 is 5.32 Å². The summed E-state index contributed by atoms with van der Waals surface area (Å²) in [5.74, 6) is 0.605. The van der Waals surface area contributed by atoms with Crippen LogP contribution in [-0.2, 0) is 16.6 Å². The fourth-order valence-corrected chi connectivity index (χ4v) is 7.76. The van der Waals surface area contributed by atoms with Crippen molar-refractivity contribution in [1.82, 2.24) is 38.9 Å². The molecule has 0 radical (unpaired) electrons. The number of nitrogens with one attached hydrogen (secondary N) is 2. The predicted molar refractivity (Wildman–Crippen MR) is 213 cm³/mol. The van der Waals surface area contributed by atoms with Crippen molar-refractivity contribution < 1.29 is 8.42 Å². The van der Waals surface area contributed by atoms with Gasteiger partial charge in [0.1, 0.15) is 5.65 Å². The summed E-state index contributed by atoms with van der Waals surface area (Å²) in [6.07, 6.45) is 12.2. The number of anilines is 1. The number of H-pyrrole nitrogens is 1. The molecule has 0 saturated carbocycles. The summed E-state index contributed by atoms with van der Waals surface area (Å²) in [4.78, 5) is 29.8. The van der Waals surface area contributed by atoms with Gasteiger partial charge in [-0.1, -0.05) is 59.8 Å². The number of fused-ring (bicyclic) bond motifs is 2. The number of aryl methyl sites for hydroxylation is 1. The average molecular weight is 856 g/mol. The van der Waals surface area contributed by atoms with Crippen LogP contribution in [0.2, 0.25) is 0 Å². The summed E-state index contributed by atoms with van der Waals surface area (Å²) in [7, 11) is -3.81. The number of hydrogen-bond acceptors (Lipinski definition) is 10. The lowest BCUT2D eigenvalue weighted by Gasteiger charge is -2.07. The summed E-state index contributed by atoms with van der Waals surface area (Å²) >= 11 is 8.31. The standard InChI is InChI=1S/C19H15BrN4O2S2.C18H14BrN5/c1-12-3-5-14(6-4-12)28(25,26)24-11-16(15-9-13(20)10-22-18(15)24)17-7-8-21-19(23-17)27-2;19-13-8-14-15(11-22-17(14)21-10-13)16-6-7-20-18(24-16)23-9-12-4-2-1-3-5-12/h3-11H,1-2H3;1-8,10-11H,9H2,(H,21,22)(H,20,23,24). The summed E-state index contributed by atoms with van der Waals surface area (Å²) < 4.78 is 29.5. The van der Waals surface area contributed by atoms with Gasteiger partial charge in [0, 0.05) is 74.6 Å². The Kier molecular flexibility index (Phi) is 10.5. The second-order valence-corrected chi connectivity index (χ2v) is 15.9. The highest BCUT2D eigenvalue weighted by Gasteiger charge is 2.23. The van der Waals surface area contributed by atoms with Gasteiger partial charge in [-0.3, -0.25) is 0 Å². The van der Waals surface area contributed by atoms with Gasteiger partial charge >= 0.3 is 0 Å². The fraction of sp³-hybridized carbons (Fsp3) is 0.0811. The van der Waals surface area contributed by atoms with Crippen LogP contribution in [0.5, 0.6) is 0 Å². The van der Waals surface area contributed by atoms with E-state index in [-0.39, 0.29) is 4.90 Å². The van der Waals surface area contributed by atoms with Gasteiger partial charge < -0.3 is 10.3 Å². The van der Waals surface area contributed by atoms with E-state index in [4.69, 9.17) is 0 Å². The predicted octanol–water partition coefficient (Wildman–Crippen LogP) is 8.92. The van der Waals surface area contributed by atoms with Gasteiger partial charge in [-0.2, -0.15) is 0 Å². The Bertz CT molecular complexity index is 2630. The number of hydrogen-bond donors (Lipinski definition) is 2. The molecule has 0 atom stereocenters. The molecule has 0 amide bonds. The Morgan fingerprint density at radius 3 is 2.25 bits per heavy atom. The molecule has 2 N–H and O–H groups in total. The quantitative estimate of drug-likeness (QED) is 0.112. The van der Waals surface area contributed by atoms with Crippen molar-refractivity contribution >= 4 is 81.7 Å². The number of halogens is 2. The molecule has 0 aliphatic heterocycles. The molecule has 15 heteroatoms. The van der Waals surface area contributed by atoms with Crippen molar-refractivity contribution in [1.29, 1.82) is 0 Å². The highest BCUT2D eigenvalue weighted by Crippen LogP contribution is 2.33.